The molecule has 0 rings (SSSR count). The molecule has 0 saturated heterocycles. The van der Waals surface area contributed by atoms with Crippen LogP contribution in [0.2, 0.25) is 0 Å². The summed E-state index contributed by atoms with van der Waals surface area (Å²) in [5.41, 5.74) is 0. The highest BCUT2D eigenvalue weighted by Gasteiger charge is 2.20. The standard InChI is InChI=1S/C16H37N3/c1-13(2)12-19(10-9-18(7)8)16(6)15(5)11-17-14(3)4/h13-17H,9-12H2,1-8H3. The molecule has 0 saturated carbocycles. The molecule has 0 fully saturated rings. The Kier molecular flexibility index (Phi) is 9.67. The van der Waals surface area contributed by atoms with Crippen LogP contribution in [0.25, 0.3) is 0 Å². The van der Waals surface area contributed by atoms with Gasteiger partial charge in [0.15, 0.2) is 0 Å². The number of hydrogen-bond acceptors (Lipinski definition) is 3. The van der Waals surface area contributed by atoms with Gasteiger partial charge in [-0.05, 0) is 39.4 Å². The first kappa shape index (κ1) is 18.9. The molecule has 0 aliphatic heterocycles. The second kappa shape index (κ2) is 9.73. The number of likely N-dealkylation sites (N-methyl/N-ethyl adjacent to an activating group) is 1. The largest absolute Gasteiger partial charge is 0.314 e. The van der Waals surface area contributed by atoms with Crippen molar-refractivity contribution in [3.63, 3.8) is 0 Å². The van der Waals surface area contributed by atoms with Crippen LogP contribution >= 0.6 is 0 Å². The van der Waals surface area contributed by atoms with E-state index in [1.807, 2.05) is 0 Å². The van der Waals surface area contributed by atoms with Crippen molar-refractivity contribution in [1.82, 2.24) is 15.1 Å². The molecule has 2 atom stereocenters. The average molecular weight is 271 g/mol. The summed E-state index contributed by atoms with van der Waals surface area (Å²) in [7, 11) is 4.31. The lowest BCUT2D eigenvalue weighted by atomic mass is 10.0. The second-order valence-electron chi connectivity index (χ2n) is 6.97. The molecule has 0 aromatic rings. The van der Waals surface area contributed by atoms with Gasteiger partial charge in [0, 0.05) is 31.7 Å². The zero-order valence-electron chi connectivity index (χ0n) is 14.5. The lowest BCUT2D eigenvalue weighted by Gasteiger charge is -2.35. The quantitative estimate of drug-likeness (QED) is 0.659. The summed E-state index contributed by atoms with van der Waals surface area (Å²) < 4.78 is 0. The van der Waals surface area contributed by atoms with Crippen LogP contribution in [0.1, 0.15) is 41.5 Å². The lowest BCUT2D eigenvalue weighted by Crippen LogP contribution is -2.46. The van der Waals surface area contributed by atoms with E-state index in [0.717, 1.165) is 19.0 Å². The van der Waals surface area contributed by atoms with Gasteiger partial charge in [-0.1, -0.05) is 34.6 Å². The number of nitrogens with zero attached hydrogens (tertiary/aromatic N) is 2. The molecule has 116 valence electrons. The number of rotatable bonds is 10. The summed E-state index contributed by atoms with van der Waals surface area (Å²) in [4.78, 5) is 4.93. The van der Waals surface area contributed by atoms with E-state index in [1.54, 1.807) is 0 Å². The molecule has 0 aliphatic rings. The van der Waals surface area contributed by atoms with Crippen molar-refractivity contribution in [3.8, 4) is 0 Å². The van der Waals surface area contributed by atoms with E-state index >= 15 is 0 Å². The van der Waals surface area contributed by atoms with E-state index in [9.17, 15) is 0 Å². The van der Waals surface area contributed by atoms with Crippen LogP contribution < -0.4 is 5.32 Å². The topological polar surface area (TPSA) is 18.5 Å². The van der Waals surface area contributed by atoms with Crippen LogP contribution in [0.5, 0.6) is 0 Å². The van der Waals surface area contributed by atoms with Crippen LogP contribution in [-0.2, 0) is 0 Å². The fraction of sp³-hybridized carbons (Fsp3) is 1.00. The third-order valence-corrected chi connectivity index (χ3v) is 3.68. The van der Waals surface area contributed by atoms with Gasteiger partial charge in [-0.25, -0.2) is 0 Å². The van der Waals surface area contributed by atoms with Gasteiger partial charge in [-0.3, -0.25) is 4.90 Å². The molecule has 3 heteroatoms. The highest BCUT2D eigenvalue weighted by atomic mass is 15.2. The first-order valence-corrected chi connectivity index (χ1v) is 7.86. The van der Waals surface area contributed by atoms with E-state index < -0.39 is 0 Å². The third kappa shape index (κ3) is 9.42. The molecule has 1 N–H and O–H groups in total. The molecule has 2 unspecified atom stereocenters. The van der Waals surface area contributed by atoms with Crippen molar-refractivity contribution in [3.05, 3.63) is 0 Å². The van der Waals surface area contributed by atoms with Gasteiger partial charge >= 0.3 is 0 Å². The fourth-order valence-corrected chi connectivity index (χ4v) is 2.21. The van der Waals surface area contributed by atoms with Crippen molar-refractivity contribution in [1.29, 1.82) is 0 Å². The van der Waals surface area contributed by atoms with Gasteiger partial charge in [-0.2, -0.15) is 0 Å². The Hall–Kier alpha value is -0.120. The highest BCUT2D eigenvalue weighted by Crippen LogP contribution is 2.13. The Bertz CT molecular complexity index is 214. The predicted molar refractivity (Wildman–Crippen MR) is 86.7 cm³/mol. The van der Waals surface area contributed by atoms with Crippen molar-refractivity contribution in [2.45, 2.75) is 53.6 Å². The van der Waals surface area contributed by atoms with Crippen molar-refractivity contribution < 1.29 is 0 Å². The summed E-state index contributed by atoms with van der Waals surface area (Å²) >= 11 is 0. The molecule has 0 spiro atoms. The molecule has 0 heterocycles. The Morgan fingerprint density at radius 3 is 1.89 bits per heavy atom. The Labute approximate surface area is 121 Å². The average Bonchev–Trinajstić information content (AvgIpc) is 2.29. The Morgan fingerprint density at radius 1 is 0.895 bits per heavy atom. The molecule has 0 bridgehead atoms. The second-order valence-corrected chi connectivity index (χ2v) is 6.97. The molecular formula is C16H37N3. The van der Waals surface area contributed by atoms with Crippen LogP contribution in [0, 0.1) is 11.8 Å². The minimum Gasteiger partial charge on any atom is -0.314 e. The van der Waals surface area contributed by atoms with E-state index in [2.05, 4.69) is 70.8 Å². The van der Waals surface area contributed by atoms with E-state index in [4.69, 9.17) is 0 Å². The van der Waals surface area contributed by atoms with Gasteiger partial charge in [0.1, 0.15) is 0 Å². The summed E-state index contributed by atoms with van der Waals surface area (Å²) in [6, 6.07) is 1.21. The third-order valence-electron chi connectivity index (χ3n) is 3.68. The first-order valence-electron chi connectivity index (χ1n) is 7.86. The number of hydrogen-bond donors (Lipinski definition) is 1. The van der Waals surface area contributed by atoms with E-state index in [1.165, 1.54) is 13.1 Å². The maximum atomic E-state index is 3.56. The summed E-state index contributed by atoms with van der Waals surface area (Å²) in [5, 5.41) is 3.56. The molecule has 3 nitrogen and oxygen atoms in total. The van der Waals surface area contributed by atoms with E-state index in [0.29, 0.717) is 18.0 Å². The molecule has 0 aromatic carbocycles. The lowest BCUT2D eigenvalue weighted by molar-refractivity contribution is 0.131. The summed E-state index contributed by atoms with van der Waals surface area (Å²) in [6.45, 7) is 18.4. The maximum Gasteiger partial charge on any atom is 0.0112 e. The van der Waals surface area contributed by atoms with Crippen molar-refractivity contribution >= 4 is 0 Å². The monoisotopic (exact) mass is 271 g/mol. The zero-order valence-corrected chi connectivity index (χ0v) is 14.5. The SMILES string of the molecule is CC(C)CN(CCN(C)C)C(C)C(C)CNC(C)C. The summed E-state index contributed by atoms with van der Waals surface area (Å²) in [5.74, 6) is 1.41. The van der Waals surface area contributed by atoms with E-state index in [-0.39, 0.29) is 0 Å². The molecule has 0 amide bonds. The van der Waals surface area contributed by atoms with Crippen LogP contribution in [-0.4, -0.2) is 62.2 Å². The predicted octanol–water partition coefficient (Wildman–Crippen LogP) is 2.53. The van der Waals surface area contributed by atoms with Crippen LogP contribution in [0.3, 0.4) is 0 Å². The minimum atomic E-state index is 0.579. The van der Waals surface area contributed by atoms with Crippen LogP contribution in [0.4, 0.5) is 0 Å². The number of nitrogens with one attached hydrogen (secondary N) is 1. The normalized spacial score (nSPS) is 15.8. The Balaban J connectivity index is 4.37. The first-order chi connectivity index (χ1) is 8.73. The maximum absolute atomic E-state index is 3.56. The highest BCUT2D eigenvalue weighted by molar-refractivity contribution is 4.76. The van der Waals surface area contributed by atoms with Gasteiger partial charge in [0.2, 0.25) is 0 Å². The zero-order chi connectivity index (χ0) is 15.0. The molecular weight excluding hydrogens is 234 g/mol. The molecule has 0 aliphatic carbocycles. The summed E-state index contributed by atoms with van der Waals surface area (Å²) in [6.07, 6.45) is 0. The van der Waals surface area contributed by atoms with Gasteiger partial charge in [-0.15, -0.1) is 0 Å². The fourth-order valence-electron chi connectivity index (χ4n) is 2.21. The molecule has 0 aromatic heterocycles. The van der Waals surface area contributed by atoms with Crippen LogP contribution in [0.15, 0.2) is 0 Å². The molecule has 19 heavy (non-hydrogen) atoms. The Morgan fingerprint density at radius 2 is 1.47 bits per heavy atom. The minimum absolute atomic E-state index is 0.579. The van der Waals surface area contributed by atoms with Gasteiger partial charge in [0.05, 0.1) is 0 Å². The molecule has 0 radical (unpaired) electrons. The smallest absolute Gasteiger partial charge is 0.0112 e. The van der Waals surface area contributed by atoms with Crippen molar-refractivity contribution in [2.24, 2.45) is 11.8 Å². The van der Waals surface area contributed by atoms with Gasteiger partial charge in [0.25, 0.3) is 0 Å². The van der Waals surface area contributed by atoms with Crippen molar-refractivity contribution in [2.75, 3.05) is 40.3 Å². The van der Waals surface area contributed by atoms with Gasteiger partial charge < -0.3 is 10.2 Å².